The molecule has 2 aromatic rings. The van der Waals surface area contributed by atoms with Crippen LogP contribution in [0, 0.1) is 0 Å². The molecule has 3 heterocycles. The molecule has 0 amide bonds. The zero-order valence-electron chi connectivity index (χ0n) is 10.6. The molecule has 0 fully saturated rings. The van der Waals surface area contributed by atoms with Gasteiger partial charge in [0.25, 0.3) is 0 Å². The van der Waals surface area contributed by atoms with E-state index in [1.54, 1.807) is 12.3 Å². The van der Waals surface area contributed by atoms with Crippen molar-refractivity contribution in [3.8, 4) is 11.3 Å². The van der Waals surface area contributed by atoms with Crippen molar-refractivity contribution in [2.24, 2.45) is 20.4 Å². The molecule has 0 saturated heterocycles. The number of hydrogen-bond donors (Lipinski definition) is 0. The molecular weight excluding hydrogens is 250 g/mol. The number of aromatic nitrogens is 1. The molecule has 0 bridgehead atoms. The minimum Gasteiger partial charge on any atom is -0.256 e. The van der Waals surface area contributed by atoms with Gasteiger partial charge in [-0.2, -0.15) is 0 Å². The molecule has 0 atom stereocenters. The SMILES string of the molecule is C1=NC2=NN=NC2=C1.c1ccc(-c2ccccn2)cc1. The first-order chi connectivity index (χ1) is 9.93. The van der Waals surface area contributed by atoms with Crippen LogP contribution in [0.5, 0.6) is 0 Å². The van der Waals surface area contributed by atoms with Crippen LogP contribution in [0.15, 0.2) is 86.9 Å². The number of benzene rings is 1. The lowest BCUT2D eigenvalue weighted by atomic mass is 10.1. The van der Waals surface area contributed by atoms with Gasteiger partial charge in [0, 0.05) is 18.0 Å². The molecule has 0 spiro atoms. The van der Waals surface area contributed by atoms with Crippen molar-refractivity contribution >= 4 is 12.1 Å². The molecule has 5 heteroatoms. The van der Waals surface area contributed by atoms with Crippen LogP contribution >= 0.6 is 0 Å². The second kappa shape index (κ2) is 5.79. The van der Waals surface area contributed by atoms with Crippen LogP contribution in [0.1, 0.15) is 0 Å². The van der Waals surface area contributed by atoms with Crippen molar-refractivity contribution < 1.29 is 0 Å². The van der Waals surface area contributed by atoms with Crippen molar-refractivity contribution in [3.05, 3.63) is 66.5 Å². The predicted octanol–water partition coefficient (Wildman–Crippen LogP) is 3.48. The molecule has 1 aromatic carbocycles. The summed E-state index contributed by atoms with van der Waals surface area (Å²) in [4.78, 5) is 8.09. The summed E-state index contributed by atoms with van der Waals surface area (Å²) < 4.78 is 0. The third-order valence-electron chi connectivity index (χ3n) is 2.68. The molecule has 4 rings (SSSR count). The fraction of sp³-hybridized carbons (Fsp3) is 0. The maximum absolute atomic E-state index is 4.25. The Kier molecular flexibility index (Phi) is 3.51. The van der Waals surface area contributed by atoms with Crippen LogP contribution in [-0.4, -0.2) is 17.0 Å². The molecule has 0 unspecified atom stereocenters. The Morgan fingerprint density at radius 2 is 1.70 bits per heavy atom. The molecule has 0 N–H and O–H groups in total. The Morgan fingerprint density at radius 1 is 0.850 bits per heavy atom. The molecule has 0 aliphatic carbocycles. The van der Waals surface area contributed by atoms with E-state index in [1.807, 2.05) is 42.6 Å². The topological polar surface area (TPSA) is 62.3 Å². The van der Waals surface area contributed by atoms with Crippen LogP contribution in [0.3, 0.4) is 0 Å². The number of amidine groups is 1. The van der Waals surface area contributed by atoms with Gasteiger partial charge in [-0.25, -0.2) is 4.99 Å². The number of hydrogen-bond acceptors (Lipinski definition) is 5. The van der Waals surface area contributed by atoms with Crippen LogP contribution < -0.4 is 0 Å². The summed E-state index contributed by atoms with van der Waals surface area (Å²) >= 11 is 0. The fourth-order valence-electron chi connectivity index (χ4n) is 1.73. The van der Waals surface area contributed by atoms with Gasteiger partial charge in [0.1, 0.15) is 5.70 Å². The normalized spacial score (nSPS) is 14.2. The van der Waals surface area contributed by atoms with Crippen LogP contribution in [0.2, 0.25) is 0 Å². The number of fused-ring (bicyclic) bond motifs is 1. The molecule has 96 valence electrons. The minimum absolute atomic E-state index is 0.630. The summed E-state index contributed by atoms with van der Waals surface area (Å²) in [7, 11) is 0. The zero-order valence-corrected chi connectivity index (χ0v) is 10.6. The summed E-state index contributed by atoms with van der Waals surface area (Å²) in [5.41, 5.74) is 2.96. The molecule has 20 heavy (non-hydrogen) atoms. The van der Waals surface area contributed by atoms with Gasteiger partial charge >= 0.3 is 0 Å². The largest absolute Gasteiger partial charge is 0.256 e. The molecule has 0 radical (unpaired) electrons. The summed E-state index contributed by atoms with van der Waals surface area (Å²) in [5, 5.41) is 10.7. The Labute approximate surface area is 116 Å². The van der Waals surface area contributed by atoms with Crippen molar-refractivity contribution in [3.63, 3.8) is 0 Å². The van der Waals surface area contributed by atoms with Gasteiger partial charge in [-0.15, -0.1) is 10.2 Å². The zero-order chi connectivity index (χ0) is 13.6. The third-order valence-corrected chi connectivity index (χ3v) is 2.68. The van der Waals surface area contributed by atoms with Gasteiger partial charge in [0.15, 0.2) is 0 Å². The number of rotatable bonds is 1. The number of nitrogens with zero attached hydrogens (tertiary/aromatic N) is 5. The third kappa shape index (κ3) is 2.72. The molecule has 1 aromatic heterocycles. The summed E-state index contributed by atoms with van der Waals surface area (Å²) in [6, 6.07) is 16.1. The maximum atomic E-state index is 4.25. The van der Waals surface area contributed by atoms with Crippen molar-refractivity contribution in [1.29, 1.82) is 0 Å². The van der Waals surface area contributed by atoms with E-state index in [9.17, 15) is 0 Å². The van der Waals surface area contributed by atoms with Gasteiger partial charge in [0.2, 0.25) is 5.84 Å². The molecule has 2 aliphatic rings. The lowest BCUT2D eigenvalue weighted by Gasteiger charge is -1.97. The van der Waals surface area contributed by atoms with E-state index < -0.39 is 0 Å². The Hall–Kier alpha value is -2.95. The van der Waals surface area contributed by atoms with E-state index in [1.165, 1.54) is 0 Å². The molecule has 0 saturated carbocycles. The quantitative estimate of drug-likeness (QED) is 0.775. The number of pyridine rings is 1. The van der Waals surface area contributed by atoms with Crippen molar-refractivity contribution in [2.75, 3.05) is 0 Å². The van der Waals surface area contributed by atoms with E-state index in [0.29, 0.717) is 5.84 Å². The highest BCUT2D eigenvalue weighted by molar-refractivity contribution is 6.11. The van der Waals surface area contributed by atoms with E-state index in [0.717, 1.165) is 17.0 Å². The van der Waals surface area contributed by atoms with Crippen molar-refractivity contribution in [2.45, 2.75) is 0 Å². The second-order valence-corrected chi connectivity index (χ2v) is 4.02. The summed E-state index contributed by atoms with van der Waals surface area (Å²) in [6.45, 7) is 0. The second-order valence-electron chi connectivity index (χ2n) is 4.02. The highest BCUT2D eigenvalue weighted by Gasteiger charge is 2.12. The van der Waals surface area contributed by atoms with E-state index in [2.05, 4.69) is 37.5 Å². The first kappa shape index (κ1) is 12.1. The van der Waals surface area contributed by atoms with Gasteiger partial charge in [-0.05, 0) is 23.4 Å². The number of allylic oxidation sites excluding steroid dienone is 1. The molecular formula is C15H11N5. The smallest absolute Gasteiger partial charge is 0.204 e. The van der Waals surface area contributed by atoms with Gasteiger partial charge in [-0.1, -0.05) is 36.4 Å². The molecule has 5 nitrogen and oxygen atoms in total. The summed E-state index contributed by atoms with van der Waals surface area (Å²) in [5.74, 6) is 0.630. The van der Waals surface area contributed by atoms with Crippen LogP contribution in [-0.2, 0) is 0 Å². The lowest BCUT2D eigenvalue weighted by molar-refractivity contribution is 1.09. The van der Waals surface area contributed by atoms with Gasteiger partial charge < -0.3 is 0 Å². The number of aliphatic imine (C=N–C) groups is 1. The highest BCUT2D eigenvalue weighted by Crippen LogP contribution is 2.14. The van der Waals surface area contributed by atoms with Crippen LogP contribution in [0.25, 0.3) is 11.3 Å². The molecule has 2 aliphatic heterocycles. The lowest BCUT2D eigenvalue weighted by Crippen LogP contribution is -1.83. The first-order valence-electron chi connectivity index (χ1n) is 6.13. The Morgan fingerprint density at radius 3 is 2.45 bits per heavy atom. The predicted molar refractivity (Wildman–Crippen MR) is 78.5 cm³/mol. The summed E-state index contributed by atoms with van der Waals surface area (Å²) in [6.07, 6.45) is 5.24. The maximum Gasteiger partial charge on any atom is 0.204 e. The van der Waals surface area contributed by atoms with Crippen molar-refractivity contribution in [1.82, 2.24) is 4.98 Å². The Bertz CT molecular complexity index is 636. The van der Waals surface area contributed by atoms with Crippen LogP contribution in [0.4, 0.5) is 0 Å². The average molecular weight is 261 g/mol. The van der Waals surface area contributed by atoms with Gasteiger partial charge in [-0.3, -0.25) is 4.98 Å². The standard InChI is InChI=1S/C11H9N.C4H2N4/c1-2-6-10(7-3-1)11-8-4-5-9-12-11;1-2-5-4-3(1)6-8-7-4/h1-9H;1-2H. The van der Waals surface area contributed by atoms with E-state index >= 15 is 0 Å². The van der Waals surface area contributed by atoms with E-state index in [-0.39, 0.29) is 0 Å². The average Bonchev–Trinajstić information content (AvgIpc) is 3.14. The minimum atomic E-state index is 0.630. The van der Waals surface area contributed by atoms with Gasteiger partial charge in [0.05, 0.1) is 5.69 Å². The fourth-order valence-corrected chi connectivity index (χ4v) is 1.73. The first-order valence-corrected chi connectivity index (χ1v) is 6.13. The monoisotopic (exact) mass is 261 g/mol. The highest BCUT2D eigenvalue weighted by atomic mass is 15.4. The Balaban J connectivity index is 0.000000131. The van der Waals surface area contributed by atoms with E-state index in [4.69, 9.17) is 0 Å².